The lowest BCUT2D eigenvalue weighted by Gasteiger charge is -2.33. The number of guanidine groups is 1. The van der Waals surface area contributed by atoms with Crippen LogP contribution in [0.2, 0.25) is 0 Å². The first-order valence-electron chi connectivity index (χ1n) is 9.67. The van der Waals surface area contributed by atoms with Crippen molar-refractivity contribution >= 4 is 5.96 Å². The van der Waals surface area contributed by atoms with Gasteiger partial charge in [0.2, 0.25) is 0 Å². The van der Waals surface area contributed by atoms with Crippen LogP contribution in [-0.4, -0.2) is 76.1 Å². The monoisotopic (exact) mass is 340 g/mol. The third kappa shape index (κ3) is 7.36. The van der Waals surface area contributed by atoms with Crippen molar-refractivity contribution in [2.75, 3.05) is 53.0 Å². The van der Waals surface area contributed by atoms with E-state index in [2.05, 4.69) is 27.4 Å². The van der Waals surface area contributed by atoms with Gasteiger partial charge in [-0.25, -0.2) is 0 Å². The number of likely N-dealkylation sites (tertiary alicyclic amines) is 1. The minimum absolute atomic E-state index is 0.305. The molecular formula is C18H36N4O2. The molecule has 2 rings (SSSR count). The number of nitrogens with zero attached hydrogens (tertiary/aromatic N) is 2. The molecule has 0 amide bonds. The molecule has 0 saturated carbocycles. The Kier molecular flexibility index (Phi) is 9.46. The van der Waals surface area contributed by atoms with Crippen LogP contribution in [0.1, 0.15) is 45.4 Å². The van der Waals surface area contributed by atoms with Gasteiger partial charge in [0.05, 0.1) is 12.7 Å². The second kappa shape index (κ2) is 11.7. The Bertz CT molecular complexity index is 359. The van der Waals surface area contributed by atoms with Crippen LogP contribution in [0.25, 0.3) is 0 Å². The standard InChI is InChI=1S/C18H36N4O2/c1-16-7-3-4-11-22(16)12-5-9-20-18(19-2)21-10-6-13-24-17-8-14-23-15-17/h16-17H,3-15H2,1-2H3,(H2,19,20,21). The fraction of sp³-hybridized carbons (Fsp3) is 0.944. The Morgan fingerprint density at radius 1 is 1.21 bits per heavy atom. The van der Waals surface area contributed by atoms with Gasteiger partial charge in [0.15, 0.2) is 5.96 Å². The van der Waals surface area contributed by atoms with Gasteiger partial charge in [-0.2, -0.15) is 0 Å². The lowest BCUT2D eigenvalue weighted by Crippen LogP contribution is -2.41. The van der Waals surface area contributed by atoms with Gasteiger partial charge < -0.3 is 25.0 Å². The Hall–Kier alpha value is -0.850. The molecule has 2 unspecified atom stereocenters. The molecule has 0 spiro atoms. The summed E-state index contributed by atoms with van der Waals surface area (Å²) in [6, 6.07) is 0.751. The van der Waals surface area contributed by atoms with E-state index in [9.17, 15) is 0 Å². The highest BCUT2D eigenvalue weighted by atomic mass is 16.5. The zero-order valence-corrected chi connectivity index (χ0v) is 15.6. The topological polar surface area (TPSA) is 58.1 Å². The second-order valence-electron chi connectivity index (χ2n) is 6.87. The molecule has 0 aliphatic carbocycles. The van der Waals surface area contributed by atoms with E-state index < -0.39 is 0 Å². The molecule has 0 aromatic rings. The van der Waals surface area contributed by atoms with Gasteiger partial charge in [0.25, 0.3) is 0 Å². The maximum atomic E-state index is 5.76. The van der Waals surface area contributed by atoms with Crippen molar-refractivity contribution in [3.05, 3.63) is 0 Å². The SMILES string of the molecule is CN=C(NCCCOC1CCOC1)NCCCN1CCCCC1C. The smallest absolute Gasteiger partial charge is 0.190 e. The lowest BCUT2D eigenvalue weighted by atomic mass is 10.0. The fourth-order valence-electron chi connectivity index (χ4n) is 3.37. The average Bonchev–Trinajstić information content (AvgIpc) is 3.11. The van der Waals surface area contributed by atoms with Crippen LogP contribution >= 0.6 is 0 Å². The van der Waals surface area contributed by atoms with E-state index in [1.54, 1.807) is 0 Å². The van der Waals surface area contributed by atoms with Gasteiger partial charge >= 0.3 is 0 Å². The summed E-state index contributed by atoms with van der Waals surface area (Å²) >= 11 is 0. The third-order valence-corrected chi connectivity index (χ3v) is 4.93. The number of hydrogen-bond donors (Lipinski definition) is 2. The Labute approximate surface area is 147 Å². The second-order valence-corrected chi connectivity index (χ2v) is 6.87. The molecule has 2 aliphatic heterocycles. The summed E-state index contributed by atoms with van der Waals surface area (Å²) in [4.78, 5) is 6.90. The summed E-state index contributed by atoms with van der Waals surface area (Å²) < 4.78 is 11.1. The Balaban J connectivity index is 1.46. The van der Waals surface area contributed by atoms with E-state index in [-0.39, 0.29) is 0 Å². The molecule has 2 heterocycles. The maximum absolute atomic E-state index is 5.76. The number of hydrogen-bond acceptors (Lipinski definition) is 4. The van der Waals surface area contributed by atoms with Crippen molar-refractivity contribution < 1.29 is 9.47 Å². The van der Waals surface area contributed by atoms with Crippen molar-refractivity contribution in [3.8, 4) is 0 Å². The van der Waals surface area contributed by atoms with E-state index in [1.165, 1.54) is 32.4 Å². The van der Waals surface area contributed by atoms with Crippen LogP contribution in [0.4, 0.5) is 0 Å². The minimum atomic E-state index is 0.305. The third-order valence-electron chi connectivity index (χ3n) is 4.93. The summed E-state index contributed by atoms with van der Waals surface area (Å²) in [6.07, 6.45) is 7.59. The van der Waals surface area contributed by atoms with E-state index >= 15 is 0 Å². The molecule has 2 fully saturated rings. The summed E-state index contributed by atoms with van der Waals surface area (Å²) in [5, 5.41) is 6.76. The van der Waals surface area contributed by atoms with Gasteiger partial charge in [-0.3, -0.25) is 4.99 Å². The predicted molar refractivity (Wildman–Crippen MR) is 98.7 cm³/mol. The molecule has 2 N–H and O–H groups in total. The van der Waals surface area contributed by atoms with Gasteiger partial charge in [-0.05, 0) is 45.6 Å². The quantitative estimate of drug-likeness (QED) is 0.379. The molecule has 2 aliphatic rings. The van der Waals surface area contributed by atoms with Crippen LogP contribution in [-0.2, 0) is 9.47 Å². The van der Waals surface area contributed by atoms with Gasteiger partial charge in [0, 0.05) is 45.9 Å². The fourth-order valence-corrected chi connectivity index (χ4v) is 3.37. The van der Waals surface area contributed by atoms with Crippen LogP contribution < -0.4 is 10.6 Å². The van der Waals surface area contributed by atoms with Gasteiger partial charge in [-0.1, -0.05) is 6.42 Å². The molecule has 24 heavy (non-hydrogen) atoms. The largest absolute Gasteiger partial charge is 0.379 e. The molecule has 6 nitrogen and oxygen atoms in total. The summed E-state index contributed by atoms with van der Waals surface area (Å²) in [6.45, 7) is 9.04. The maximum Gasteiger partial charge on any atom is 0.190 e. The summed E-state index contributed by atoms with van der Waals surface area (Å²) in [5.41, 5.74) is 0. The first-order chi connectivity index (χ1) is 11.8. The van der Waals surface area contributed by atoms with Gasteiger partial charge in [-0.15, -0.1) is 0 Å². The summed E-state index contributed by atoms with van der Waals surface area (Å²) in [7, 11) is 1.83. The number of nitrogens with one attached hydrogen (secondary N) is 2. The van der Waals surface area contributed by atoms with Crippen molar-refractivity contribution in [1.29, 1.82) is 0 Å². The molecule has 6 heteroatoms. The molecule has 0 bridgehead atoms. The van der Waals surface area contributed by atoms with Gasteiger partial charge in [0.1, 0.15) is 0 Å². The van der Waals surface area contributed by atoms with Crippen molar-refractivity contribution in [3.63, 3.8) is 0 Å². The molecular weight excluding hydrogens is 304 g/mol. The molecule has 0 aromatic heterocycles. The Morgan fingerprint density at radius 3 is 2.75 bits per heavy atom. The molecule has 2 saturated heterocycles. The number of ether oxygens (including phenoxy) is 2. The Morgan fingerprint density at radius 2 is 2.04 bits per heavy atom. The number of piperidine rings is 1. The number of aliphatic imine (C=N–C) groups is 1. The molecule has 0 aromatic carbocycles. The normalized spacial score (nSPS) is 25.8. The van der Waals surface area contributed by atoms with E-state index in [0.29, 0.717) is 6.10 Å². The lowest BCUT2D eigenvalue weighted by molar-refractivity contribution is 0.0420. The van der Waals surface area contributed by atoms with Crippen LogP contribution in [0, 0.1) is 0 Å². The predicted octanol–water partition coefficient (Wildman–Crippen LogP) is 1.61. The van der Waals surface area contributed by atoms with E-state index in [4.69, 9.17) is 9.47 Å². The zero-order chi connectivity index (χ0) is 17.0. The van der Waals surface area contributed by atoms with Crippen LogP contribution in [0.3, 0.4) is 0 Å². The molecule has 2 atom stereocenters. The summed E-state index contributed by atoms with van der Waals surface area (Å²) in [5.74, 6) is 0.894. The van der Waals surface area contributed by atoms with Crippen LogP contribution in [0.5, 0.6) is 0 Å². The first-order valence-corrected chi connectivity index (χ1v) is 9.67. The molecule has 140 valence electrons. The van der Waals surface area contributed by atoms with E-state index in [0.717, 1.165) is 64.2 Å². The first kappa shape index (κ1) is 19.5. The zero-order valence-electron chi connectivity index (χ0n) is 15.6. The minimum Gasteiger partial charge on any atom is -0.379 e. The van der Waals surface area contributed by atoms with Crippen molar-refractivity contribution in [2.24, 2.45) is 4.99 Å². The number of rotatable bonds is 9. The average molecular weight is 341 g/mol. The van der Waals surface area contributed by atoms with E-state index in [1.807, 2.05) is 7.05 Å². The molecule has 0 radical (unpaired) electrons. The highest BCUT2D eigenvalue weighted by Gasteiger charge is 2.17. The van der Waals surface area contributed by atoms with Crippen molar-refractivity contribution in [2.45, 2.75) is 57.6 Å². The van der Waals surface area contributed by atoms with Crippen LogP contribution in [0.15, 0.2) is 4.99 Å². The highest BCUT2D eigenvalue weighted by Crippen LogP contribution is 2.16. The van der Waals surface area contributed by atoms with Crippen molar-refractivity contribution in [1.82, 2.24) is 15.5 Å². The highest BCUT2D eigenvalue weighted by molar-refractivity contribution is 5.79.